The van der Waals surface area contributed by atoms with E-state index in [9.17, 15) is 17.6 Å². The summed E-state index contributed by atoms with van der Waals surface area (Å²) in [6.07, 6.45) is 6.74. The molecule has 1 aliphatic rings. The van der Waals surface area contributed by atoms with Crippen LogP contribution in [0, 0.1) is 11.7 Å². The number of likely N-dealkylation sites (tertiary alicyclic amines) is 1. The highest BCUT2D eigenvalue weighted by Crippen LogP contribution is 2.27. The summed E-state index contributed by atoms with van der Waals surface area (Å²) >= 11 is 0. The van der Waals surface area contributed by atoms with Crippen molar-refractivity contribution in [2.45, 2.75) is 24.2 Å². The second kappa shape index (κ2) is 12.6. The molecule has 0 saturated carbocycles. The summed E-state index contributed by atoms with van der Waals surface area (Å²) in [6.45, 7) is 3.71. The smallest absolute Gasteiger partial charge is 0.243 e. The summed E-state index contributed by atoms with van der Waals surface area (Å²) in [5.74, 6) is -0.0244. The number of amides is 1. The number of sulfonamides is 1. The van der Waals surface area contributed by atoms with Gasteiger partial charge in [0, 0.05) is 49.0 Å². The van der Waals surface area contributed by atoms with E-state index < -0.39 is 10.0 Å². The molecular weight excluding hydrogens is 503 g/mol. The molecule has 1 saturated heterocycles. The lowest BCUT2D eigenvalue weighted by molar-refractivity contribution is -0.107. The lowest BCUT2D eigenvalue weighted by Gasteiger charge is -2.34. The number of piperidine rings is 1. The Morgan fingerprint density at radius 2 is 1.83 bits per heavy atom. The molecule has 0 unspecified atom stereocenters. The quantitative estimate of drug-likeness (QED) is 0.365. The van der Waals surface area contributed by atoms with Gasteiger partial charge in [0.15, 0.2) is 0 Å². The Kier molecular flexibility index (Phi) is 9.78. The van der Waals surface area contributed by atoms with Crippen LogP contribution < -0.4 is 4.90 Å². The van der Waals surface area contributed by atoms with Crippen LogP contribution in [0.2, 0.25) is 0 Å². The molecule has 0 spiro atoms. The number of nitrogens with zero attached hydrogens (tertiary/aromatic N) is 4. The minimum Gasteiger partial charge on any atom is -0.315 e. The fourth-order valence-corrected chi connectivity index (χ4v) is 6.14. The van der Waals surface area contributed by atoms with Gasteiger partial charge in [0.05, 0.1) is 4.90 Å². The normalized spacial score (nSPS) is 15.1. The number of hydrogen-bond donors (Lipinski definition) is 0. The molecule has 0 radical (unpaired) electrons. The Hall–Kier alpha value is -2.59. The predicted octanol–water partition coefficient (Wildman–Crippen LogP) is 4.18. The number of hydrogen-bond acceptors (Lipinski definition) is 5. The van der Waals surface area contributed by atoms with E-state index in [-0.39, 0.29) is 18.2 Å². The lowest BCUT2D eigenvalue weighted by atomic mass is 9.97. The topological polar surface area (TPSA) is 73.8 Å². The molecule has 1 aliphatic heterocycles. The van der Waals surface area contributed by atoms with Crippen molar-refractivity contribution in [3.05, 3.63) is 66.7 Å². The molecule has 2 heterocycles. The van der Waals surface area contributed by atoms with E-state index in [1.165, 1.54) is 16.4 Å². The summed E-state index contributed by atoms with van der Waals surface area (Å²) < 4.78 is 41.2. The van der Waals surface area contributed by atoms with Gasteiger partial charge in [0.2, 0.25) is 16.4 Å². The molecule has 2 aromatic carbocycles. The van der Waals surface area contributed by atoms with Gasteiger partial charge in [-0.1, -0.05) is 12.1 Å². The number of benzene rings is 2. The SMILES string of the molecule is CN(CC1CCN(CCCN(C=O)c2ccc(F)cc2)CC1)S(=O)(=O)c1cccc2cnccc12.Cl. The monoisotopic (exact) mass is 534 g/mol. The average Bonchev–Trinajstić information content (AvgIpc) is 2.88. The molecule has 4 rings (SSSR count). The molecule has 0 bridgehead atoms. The van der Waals surface area contributed by atoms with Crippen LogP contribution in [-0.2, 0) is 14.8 Å². The van der Waals surface area contributed by atoms with E-state index in [2.05, 4.69) is 9.88 Å². The van der Waals surface area contributed by atoms with Crippen molar-refractivity contribution in [3.8, 4) is 0 Å². The van der Waals surface area contributed by atoms with Gasteiger partial charge < -0.3 is 9.80 Å². The molecular formula is C26H32ClFN4O3S. The molecule has 1 amide bonds. The van der Waals surface area contributed by atoms with Crippen molar-refractivity contribution in [1.82, 2.24) is 14.2 Å². The fraction of sp³-hybridized carbons (Fsp3) is 0.385. The highest BCUT2D eigenvalue weighted by atomic mass is 35.5. The zero-order valence-electron chi connectivity index (χ0n) is 20.3. The van der Waals surface area contributed by atoms with E-state index >= 15 is 0 Å². The van der Waals surface area contributed by atoms with Gasteiger partial charge in [-0.25, -0.2) is 17.1 Å². The maximum atomic E-state index is 13.3. The number of rotatable bonds is 10. The zero-order valence-corrected chi connectivity index (χ0v) is 21.9. The summed E-state index contributed by atoms with van der Waals surface area (Å²) in [5.41, 5.74) is 0.687. The first-order chi connectivity index (χ1) is 16.9. The van der Waals surface area contributed by atoms with E-state index in [1.54, 1.807) is 54.7 Å². The Labute approximate surface area is 218 Å². The predicted molar refractivity (Wildman–Crippen MR) is 142 cm³/mol. The molecule has 0 N–H and O–H groups in total. The third-order valence-corrected chi connectivity index (χ3v) is 8.59. The van der Waals surface area contributed by atoms with E-state index in [1.807, 2.05) is 6.07 Å². The lowest BCUT2D eigenvalue weighted by Crippen LogP contribution is -2.40. The summed E-state index contributed by atoms with van der Waals surface area (Å²) in [5, 5.41) is 1.50. The molecule has 194 valence electrons. The molecule has 7 nitrogen and oxygen atoms in total. The first-order valence-electron chi connectivity index (χ1n) is 11.9. The van der Waals surface area contributed by atoms with Gasteiger partial charge in [-0.05, 0) is 81.2 Å². The van der Waals surface area contributed by atoms with Crippen molar-refractivity contribution in [3.63, 3.8) is 0 Å². The fourth-order valence-electron chi connectivity index (χ4n) is 4.68. The van der Waals surface area contributed by atoms with Gasteiger partial charge in [-0.3, -0.25) is 9.78 Å². The van der Waals surface area contributed by atoms with E-state index in [4.69, 9.17) is 0 Å². The van der Waals surface area contributed by atoms with Crippen LogP contribution in [0.25, 0.3) is 10.8 Å². The van der Waals surface area contributed by atoms with E-state index in [0.29, 0.717) is 35.0 Å². The first kappa shape index (κ1) is 28.0. The Bertz CT molecular complexity index is 1250. The standard InChI is InChI=1S/C26H31FN4O3S.ClH/c1-29(35(33,34)26-5-2-4-22-18-28-13-10-25(22)26)19-21-11-16-30(17-12-21)14-3-15-31(20-32)24-8-6-23(27)7-9-24;/h2,4-10,13,18,20-21H,3,11-12,14-17,19H2,1H3;1H. The zero-order chi connectivity index (χ0) is 24.8. The molecule has 1 fully saturated rings. The number of carbonyl (C=O) groups is 1. The van der Waals surface area contributed by atoms with Gasteiger partial charge in [0.25, 0.3) is 0 Å². The van der Waals surface area contributed by atoms with Crippen molar-refractivity contribution in [2.75, 3.05) is 44.7 Å². The van der Waals surface area contributed by atoms with E-state index in [0.717, 1.165) is 50.7 Å². The van der Waals surface area contributed by atoms with Gasteiger partial charge >= 0.3 is 0 Å². The molecule has 1 aromatic heterocycles. The van der Waals surface area contributed by atoms with Crippen LogP contribution in [-0.4, -0.2) is 68.8 Å². The van der Waals surface area contributed by atoms with Crippen LogP contribution in [0.15, 0.2) is 65.8 Å². The molecule has 3 aromatic rings. The van der Waals surface area contributed by atoms with Gasteiger partial charge in [-0.2, -0.15) is 0 Å². The molecule has 0 atom stereocenters. The minimum atomic E-state index is -3.60. The maximum absolute atomic E-state index is 13.3. The van der Waals surface area contributed by atoms with Crippen molar-refractivity contribution in [1.29, 1.82) is 0 Å². The number of halogens is 2. The van der Waals surface area contributed by atoms with Crippen LogP contribution >= 0.6 is 12.4 Å². The number of fused-ring (bicyclic) bond motifs is 1. The summed E-state index contributed by atoms with van der Waals surface area (Å²) in [7, 11) is -1.95. The Balaban J connectivity index is 0.00000361. The van der Waals surface area contributed by atoms with Gasteiger partial charge in [-0.15, -0.1) is 12.4 Å². The number of pyridine rings is 1. The second-order valence-corrected chi connectivity index (χ2v) is 11.1. The summed E-state index contributed by atoms with van der Waals surface area (Å²) in [6, 6.07) is 12.9. The number of carbonyl (C=O) groups excluding carboxylic acids is 1. The largest absolute Gasteiger partial charge is 0.315 e. The van der Waals surface area contributed by atoms with Crippen LogP contribution in [0.1, 0.15) is 19.3 Å². The van der Waals surface area contributed by atoms with Crippen molar-refractivity contribution < 1.29 is 17.6 Å². The first-order valence-corrected chi connectivity index (χ1v) is 13.3. The van der Waals surface area contributed by atoms with Crippen LogP contribution in [0.5, 0.6) is 0 Å². The average molecular weight is 535 g/mol. The summed E-state index contributed by atoms with van der Waals surface area (Å²) in [4.78, 5) is 19.8. The minimum absolute atomic E-state index is 0. The van der Waals surface area contributed by atoms with Crippen LogP contribution in [0.4, 0.5) is 10.1 Å². The Morgan fingerprint density at radius 3 is 2.53 bits per heavy atom. The Morgan fingerprint density at radius 1 is 1.11 bits per heavy atom. The van der Waals surface area contributed by atoms with Crippen molar-refractivity contribution in [2.24, 2.45) is 5.92 Å². The molecule has 36 heavy (non-hydrogen) atoms. The third-order valence-electron chi connectivity index (χ3n) is 6.71. The van der Waals surface area contributed by atoms with Gasteiger partial charge in [0.1, 0.15) is 5.82 Å². The third kappa shape index (κ3) is 6.59. The van der Waals surface area contributed by atoms with Crippen molar-refractivity contribution >= 4 is 45.3 Å². The van der Waals surface area contributed by atoms with Crippen LogP contribution in [0.3, 0.4) is 0 Å². The molecule has 10 heteroatoms. The highest BCUT2D eigenvalue weighted by molar-refractivity contribution is 7.89. The molecule has 0 aliphatic carbocycles. The number of aromatic nitrogens is 1. The number of anilines is 1. The second-order valence-electron chi connectivity index (χ2n) is 9.05. The highest BCUT2D eigenvalue weighted by Gasteiger charge is 2.27. The maximum Gasteiger partial charge on any atom is 0.243 e.